The van der Waals surface area contributed by atoms with Crippen molar-refractivity contribution in [1.82, 2.24) is 0 Å². The van der Waals surface area contributed by atoms with Crippen LogP contribution >= 0.6 is 0 Å². The number of amides is 1. The van der Waals surface area contributed by atoms with Gasteiger partial charge < -0.3 is 10.2 Å². The normalized spacial score (nSPS) is 14.0. The van der Waals surface area contributed by atoms with Crippen LogP contribution in [-0.4, -0.2) is 34.0 Å². The fourth-order valence-corrected chi connectivity index (χ4v) is 5.43. The predicted octanol–water partition coefficient (Wildman–Crippen LogP) is 4.82. The van der Waals surface area contributed by atoms with Crippen LogP contribution in [0, 0.1) is 6.92 Å². The first kappa shape index (κ1) is 22.9. The van der Waals surface area contributed by atoms with E-state index in [1.807, 2.05) is 43.3 Å². The maximum absolute atomic E-state index is 13.4. The Morgan fingerprint density at radius 2 is 1.52 bits per heavy atom. The van der Waals surface area contributed by atoms with E-state index >= 15 is 0 Å². The molecular weight excluding hydrogens is 434 g/mol. The number of piperidine rings is 1. The maximum atomic E-state index is 13.4. The average molecular weight is 464 g/mol. The Balaban J connectivity index is 1.52. The third-order valence-electron chi connectivity index (χ3n) is 5.81. The molecule has 0 aromatic heterocycles. The number of carbonyl (C=O) groups is 1. The Bertz CT molecular complexity index is 1170. The van der Waals surface area contributed by atoms with Gasteiger partial charge in [-0.25, -0.2) is 8.42 Å². The molecule has 4 rings (SSSR count). The molecule has 0 aliphatic carbocycles. The van der Waals surface area contributed by atoms with E-state index in [9.17, 15) is 13.2 Å². The molecule has 0 unspecified atom stereocenters. The molecule has 1 saturated heterocycles. The minimum absolute atomic E-state index is 0.143. The van der Waals surface area contributed by atoms with Crippen molar-refractivity contribution in [3.8, 4) is 0 Å². The third-order valence-corrected chi connectivity index (χ3v) is 7.60. The second-order valence-electron chi connectivity index (χ2n) is 8.30. The van der Waals surface area contributed by atoms with E-state index < -0.39 is 15.9 Å². The fourth-order valence-electron chi connectivity index (χ4n) is 3.98. The van der Waals surface area contributed by atoms with Crippen molar-refractivity contribution in [1.29, 1.82) is 0 Å². The SMILES string of the molecule is Cc1ccc(N(CC(=O)Nc2ccc(N3CCCCC3)cc2)S(=O)(=O)c2ccccc2)cc1. The van der Waals surface area contributed by atoms with Gasteiger partial charge >= 0.3 is 0 Å². The molecule has 0 radical (unpaired) electrons. The molecule has 1 N–H and O–H groups in total. The lowest BCUT2D eigenvalue weighted by Gasteiger charge is -2.29. The minimum Gasteiger partial charge on any atom is -0.372 e. The molecule has 172 valence electrons. The predicted molar refractivity (Wildman–Crippen MR) is 133 cm³/mol. The highest BCUT2D eigenvalue weighted by Gasteiger charge is 2.27. The largest absolute Gasteiger partial charge is 0.372 e. The fraction of sp³-hybridized carbons (Fsp3) is 0.269. The first-order valence-electron chi connectivity index (χ1n) is 11.2. The summed E-state index contributed by atoms with van der Waals surface area (Å²) >= 11 is 0. The van der Waals surface area contributed by atoms with E-state index in [2.05, 4.69) is 10.2 Å². The van der Waals surface area contributed by atoms with Gasteiger partial charge in [-0.15, -0.1) is 0 Å². The quantitative estimate of drug-likeness (QED) is 0.545. The molecule has 1 amide bonds. The van der Waals surface area contributed by atoms with Crippen molar-refractivity contribution >= 4 is 33.0 Å². The third kappa shape index (κ3) is 5.54. The maximum Gasteiger partial charge on any atom is 0.264 e. The number of rotatable bonds is 7. The molecule has 1 aliphatic rings. The van der Waals surface area contributed by atoms with E-state index in [-0.39, 0.29) is 11.4 Å². The van der Waals surface area contributed by atoms with Crippen LogP contribution in [0.5, 0.6) is 0 Å². The van der Waals surface area contributed by atoms with Crippen molar-refractivity contribution < 1.29 is 13.2 Å². The van der Waals surface area contributed by atoms with Crippen LogP contribution in [0.4, 0.5) is 17.1 Å². The molecular formula is C26H29N3O3S. The van der Waals surface area contributed by atoms with E-state index in [0.29, 0.717) is 11.4 Å². The van der Waals surface area contributed by atoms with Gasteiger partial charge in [-0.05, 0) is 74.7 Å². The second-order valence-corrected chi connectivity index (χ2v) is 10.2. The Labute approximate surface area is 195 Å². The van der Waals surface area contributed by atoms with Crippen molar-refractivity contribution in [2.45, 2.75) is 31.1 Å². The average Bonchev–Trinajstić information content (AvgIpc) is 2.85. The Morgan fingerprint density at radius 3 is 2.15 bits per heavy atom. The highest BCUT2D eigenvalue weighted by atomic mass is 32.2. The molecule has 3 aromatic carbocycles. The summed E-state index contributed by atoms with van der Waals surface area (Å²) < 4.78 is 27.9. The Kier molecular flexibility index (Phi) is 6.99. The smallest absolute Gasteiger partial charge is 0.264 e. The summed E-state index contributed by atoms with van der Waals surface area (Å²) in [4.78, 5) is 15.4. The molecule has 1 aliphatic heterocycles. The topological polar surface area (TPSA) is 69.7 Å². The van der Waals surface area contributed by atoms with E-state index in [0.717, 1.165) is 28.6 Å². The number of hydrogen-bond acceptors (Lipinski definition) is 4. The van der Waals surface area contributed by atoms with Crippen molar-refractivity contribution in [3.63, 3.8) is 0 Å². The molecule has 6 nitrogen and oxygen atoms in total. The van der Waals surface area contributed by atoms with E-state index in [4.69, 9.17) is 0 Å². The van der Waals surface area contributed by atoms with Crippen LogP contribution in [-0.2, 0) is 14.8 Å². The van der Waals surface area contributed by atoms with Gasteiger partial charge in [0.15, 0.2) is 0 Å². The van der Waals surface area contributed by atoms with Gasteiger partial charge in [0.25, 0.3) is 10.0 Å². The van der Waals surface area contributed by atoms with Gasteiger partial charge in [0.05, 0.1) is 10.6 Å². The van der Waals surface area contributed by atoms with Crippen LogP contribution in [0.3, 0.4) is 0 Å². The lowest BCUT2D eigenvalue weighted by molar-refractivity contribution is -0.114. The van der Waals surface area contributed by atoms with Gasteiger partial charge in [0, 0.05) is 24.5 Å². The highest BCUT2D eigenvalue weighted by molar-refractivity contribution is 7.92. The summed E-state index contributed by atoms with van der Waals surface area (Å²) in [6.45, 7) is 3.71. The number of benzene rings is 3. The summed E-state index contributed by atoms with van der Waals surface area (Å²) in [7, 11) is -3.91. The van der Waals surface area contributed by atoms with Crippen molar-refractivity contribution in [3.05, 3.63) is 84.4 Å². The molecule has 3 aromatic rings. The van der Waals surface area contributed by atoms with Crippen LogP contribution in [0.1, 0.15) is 24.8 Å². The van der Waals surface area contributed by atoms with Gasteiger partial charge in [0.2, 0.25) is 5.91 Å². The van der Waals surface area contributed by atoms with Crippen molar-refractivity contribution in [2.75, 3.05) is 34.2 Å². The van der Waals surface area contributed by atoms with Crippen LogP contribution in [0.2, 0.25) is 0 Å². The van der Waals surface area contributed by atoms with Crippen molar-refractivity contribution in [2.24, 2.45) is 0 Å². The van der Waals surface area contributed by atoms with E-state index in [1.54, 1.807) is 30.3 Å². The zero-order valence-electron chi connectivity index (χ0n) is 18.8. The van der Waals surface area contributed by atoms with Gasteiger partial charge in [-0.3, -0.25) is 9.10 Å². The second kappa shape index (κ2) is 10.1. The number of sulfonamides is 1. The first-order chi connectivity index (χ1) is 15.9. The van der Waals surface area contributed by atoms with Gasteiger partial charge in [-0.2, -0.15) is 0 Å². The molecule has 1 heterocycles. The zero-order chi connectivity index (χ0) is 23.3. The molecule has 0 saturated carbocycles. The summed E-state index contributed by atoms with van der Waals surface area (Å²) in [6.07, 6.45) is 3.67. The van der Waals surface area contributed by atoms with Crippen LogP contribution in [0.15, 0.2) is 83.8 Å². The number of aryl methyl sites for hydroxylation is 1. The van der Waals surface area contributed by atoms with Crippen LogP contribution < -0.4 is 14.5 Å². The molecule has 0 bridgehead atoms. The number of carbonyl (C=O) groups excluding carboxylic acids is 1. The summed E-state index contributed by atoms with van der Waals surface area (Å²) in [5.41, 5.74) is 3.23. The summed E-state index contributed by atoms with van der Waals surface area (Å²) in [6, 6.07) is 23.0. The first-order valence-corrected chi connectivity index (χ1v) is 12.7. The molecule has 0 atom stereocenters. The van der Waals surface area contributed by atoms with Crippen LogP contribution in [0.25, 0.3) is 0 Å². The Hall–Kier alpha value is -3.32. The number of anilines is 3. The van der Waals surface area contributed by atoms with Gasteiger partial charge in [0.1, 0.15) is 6.54 Å². The lowest BCUT2D eigenvalue weighted by Crippen LogP contribution is -2.38. The van der Waals surface area contributed by atoms with E-state index in [1.165, 1.54) is 31.4 Å². The Morgan fingerprint density at radius 1 is 0.879 bits per heavy atom. The molecule has 33 heavy (non-hydrogen) atoms. The lowest BCUT2D eigenvalue weighted by atomic mass is 10.1. The zero-order valence-corrected chi connectivity index (χ0v) is 19.6. The molecule has 7 heteroatoms. The minimum atomic E-state index is -3.91. The molecule has 1 fully saturated rings. The standard InChI is InChI=1S/C26H29N3O3S/c1-21-10-14-24(15-11-21)29(33(31,32)25-8-4-2-5-9-25)20-26(30)27-22-12-16-23(17-13-22)28-18-6-3-7-19-28/h2,4-5,8-17H,3,6-7,18-20H2,1H3,(H,27,30). The van der Waals surface area contributed by atoms with Gasteiger partial charge in [-0.1, -0.05) is 35.9 Å². The summed E-state index contributed by atoms with van der Waals surface area (Å²) in [5.74, 6) is -0.402. The highest BCUT2D eigenvalue weighted by Crippen LogP contribution is 2.25. The summed E-state index contributed by atoms with van der Waals surface area (Å²) in [5, 5.41) is 2.84. The number of nitrogens with zero attached hydrogens (tertiary/aromatic N) is 2. The monoisotopic (exact) mass is 463 g/mol. The number of hydrogen-bond donors (Lipinski definition) is 1. The number of nitrogens with one attached hydrogen (secondary N) is 1. The molecule has 0 spiro atoms.